The zero-order chi connectivity index (χ0) is 20.5. The first kappa shape index (κ1) is 20.1. The monoisotopic (exact) mass is 395 g/mol. The third-order valence-electron chi connectivity index (χ3n) is 6.84. The van der Waals surface area contributed by atoms with Gasteiger partial charge in [-0.1, -0.05) is 19.8 Å². The number of methoxy groups -OCH3 is 1. The second-order valence-corrected chi connectivity index (χ2v) is 8.87. The van der Waals surface area contributed by atoms with Crippen molar-refractivity contribution in [1.29, 1.82) is 0 Å². The number of fused-ring (bicyclic) bond motifs is 3. The third-order valence-corrected chi connectivity index (χ3v) is 6.84. The van der Waals surface area contributed by atoms with Gasteiger partial charge in [-0.2, -0.15) is 0 Å². The van der Waals surface area contributed by atoms with Gasteiger partial charge in [-0.3, -0.25) is 4.79 Å². The molecule has 4 rings (SSSR count). The molecule has 0 saturated heterocycles. The number of ether oxygens (including phenoxy) is 1. The van der Waals surface area contributed by atoms with Crippen molar-refractivity contribution in [3.05, 3.63) is 34.6 Å². The molecule has 1 fully saturated rings. The Labute approximate surface area is 173 Å². The predicted octanol–water partition coefficient (Wildman–Crippen LogP) is 5.73. The lowest BCUT2D eigenvalue weighted by molar-refractivity contribution is -0.117. The molecule has 0 bridgehead atoms. The molecule has 0 radical (unpaired) electrons. The largest absolute Gasteiger partial charge is 0.496 e. The first-order valence-corrected chi connectivity index (χ1v) is 11.1. The summed E-state index contributed by atoms with van der Waals surface area (Å²) in [7, 11) is 1.69. The minimum atomic E-state index is -0.00437. The summed E-state index contributed by atoms with van der Waals surface area (Å²) in [5.74, 6) is 2.47. The van der Waals surface area contributed by atoms with E-state index in [1.54, 1.807) is 13.2 Å². The van der Waals surface area contributed by atoms with E-state index >= 15 is 0 Å². The molecule has 2 unspecified atom stereocenters. The van der Waals surface area contributed by atoms with Crippen molar-refractivity contribution in [1.82, 2.24) is 5.32 Å². The van der Waals surface area contributed by atoms with Crippen molar-refractivity contribution in [3.63, 3.8) is 0 Å². The normalized spacial score (nSPS) is 22.4. The summed E-state index contributed by atoms with van der Waals surface area (Å²) in [6, 6.07) is 2.45. The minimum absolute atomic E-state index is 0.00437. The zero-order valence-electron chi connectivity index (χ0n) is 18.2. The molecular weight excluding hydrogens is 362 g/mol. The van der Waals surface area contributed by atoms with Crippen molar-refractivity contribution < 1.29 is 13.9 Å². The van der Waals surface area contributed by atoms with Crippen LogP contribution in [0.1, 0.15) is 74.8 Å². The fraction of sp³-hybridized carbons (Fsp3) is 0.560. The van der Waals surface area contributed by atoms with E-state index in [1.165, 1.54) is 43.1 Å². The van der Waals surface area contributed by atoms with Crippen molar-refractivity contribution >= 4 is 22.4 Å². The molecule has 1 amide bonds. The SMILES string of the molecule is COc1c(/C(C)=C/C(=O)NC2CCCCC2C)cc2c3c(oc2c1C)CCCC3. The van der Waals surface area contributed by atoms with Gasteiger partial charge in [-0.05, 0) is 63.5 Å². The number of nitrogens with one attached hydrogen (secondary N) is 1. The molecule has 1 aromatic heterocycles. The van der Waals surface area contributed by atoms with Crippen LogP contribution in [-0.4, -0.2) is 19.1 Å². The van der Waals surface area contributed by atoms with E-state index in [1.807, 2.05) is 6.92 Å². The predicted molar refractivity (Wildman–Crippen MR) is 117 cm³/mol. The second-order valence-electron chi connectivity index (χ2n) is 8.87. The molecule has 29 heavy (non-hydrogen) atoms. The van der Waals surface area contributed by atoms with Gasteiger partial charge in [0.1, 0.15) is 17.1 Å². The Kier molecular flexibility index (Phi) is 5.71. The fourth-order valence-electron chi connectivity index (χ4n) is 5.12. The summed E-state index contributed by atoms with van der Waals surface area (Å²) >= 11 is 0. The van der Waals surface area contributed by atoms with Crippen molar-refractivity contribution in [3.8, 4) is 5.75 Å². The molecule has 2 atom stereocenters. The average molecular weight is 396 g/mol. The van der Waals surface area contributed by atoms with E-state index in [0.717, 1.165) is 53.1 Å². The second kappa shape index (κ2) is 8.25. The summed E-state index contributed by atoms with van der Waals surface area (Å²) in [5, 5.41) is 4.41. The van der Waals surface area contributed by atoms with Crippen LogP contribution in [-0.2, 0) is 17.6 Å². The van der Waals surface area contributed by atoms with Crippen LogP contribution in [0.2, 0.25) is 0 Å². The lowest BCUT2D eigenvalue weighted by Crippen LogP contribution is -2.40. The minimum Gasteiger partial charge on any atom is -0.496 e. The van der Waals surface area contributed by atoms with Crippen LogP contribution in [0.25, 0.3) is 16.5 Å². The van der Waals surface area contributed by atoms with Gasteiger partial charge in [0.25, 0.3) is 0 Å². The summed E-state index contributed by atoms with van der Waals surface area (Å²) in [5.41, 5.74) is 5.21. The number of benzene rings is 1. The number of hydrogen-bond donors (Lipinski definition) is 1. The number of rotatable bonds is 4. The van der Waals surface area contributed by atoms with Crippen LogP contribution in [0, 0.1) is 12.8 Å². The Hall–Kier alpha value is -2.23. The maximum absolute atomic E-state index is 12.7. The van der Waals surface area contributed by atoms with E-state index in [2.05, 4.69) is 25.2 Å². The van der Waals surface area contributed by atoms with Crippen LogP contribution in [0.15, 0.2) is 16.6 Å². The highest BCUT2D eigenvalue weighted by Crippen LogP contribution is 2.41. The van der Waals surface area contributed by atoms with Crippen molar-refractivity contribution in [2.24, 2.45) is 5.92 Å². The highest BCUT2D eigenvalue weighted by molar-refractivity contribution is 5.98. The maximum Gasteiger partial charge on any atom is 0.244 e. The molecule has 2 aliphatic carbocycles. The molecule has 156 valence electrons. The van der Waals surface area contributed by atoms with E-state index < -0.39 is 0 Å². The highest BCUT2D eigenvalue weighted by Gasteiger charge is 2.24. The van der Waals surface area contributed by atoms with E-state index in [-0.39, 0.29) is 11.9 Å². The van der Waals surface area contributed by atoms with Gasteiger partial charge in [-0.25, -0.2) is 0 Å². The molecule has 4 nitrogen and oxygen atoms in total. The molecule has 2 aromatic rings. The molecule has 1 heterocycles. The van der Waals surface area contributed by atoms with Crippen LogP contribution in [0.5, 0.6) is 5.75 Å². The lowest BCUT2D eigenvalue weighted by Gasteiger charge is -2.29. The van der Waals surface area contributed by atoms with Crippen LogP contribution in [0.4, 0.5) is 0 Å². The van der Waals surface area contributed by atoms with Gasteiger partial charge >= 0.3 is 0 Å². The molecule has 0 spiro atoms. The van der Waals surface area contributed by atoms with Crippen LogP contribution >= 0.6 is 0 Å². The van der Waals surface area contributed by atoms with Crippen LogP contribution < -0.4 is 10.1 Å². The third kappa shape index (κ3) is 3.82. The number of carbonyl (C=O) groups excluding carboxylic acids is 1. The number of carbonyl (C=O) groups is 1. The Balaban J connectivity index is 1.68. The molecule has 2 aliphatic rings. The van der Waals surface area contributed by atoms with Gasteiger partial charge < -0.3 is 14.5 Å². The molecule has 1 saturated carbocycles. The smallest absolute Gasteiger partial charge is 0.244 e. The number of hydrogen-bond acceptors (Lipinski definition) is 3. The molecule has 4 heteroatoms. The number of amides is 1. The van der Waals surface area contributed by atoms with Crippen molar-refractivity contribution in [2.45, 2.75) is 78.2 Å². The molecule has 1 aromatic carbocycles. The number of aryl methyl sites for hydroxylation is 3. The zero-order valence-corrected chi connectivity index (χ0v) is 18.2. The highest BCUT2D eigenvalue weighted by atomic mass is 16.5. The van der Waals surface area contributed by atoms with Gasteiger partial charge in [0.05, 0.1) is 7.11 Å². The summed E-state index contributed by atoms with van der Waals surface area (Å²) in [4.78, 5) is 12.7. The molecule has 1 N–H and O–H groups in total. The summed E-state index contributed by atoms with van der Waals surface area (Å²) < 4.78 is 12.0. The standard InChI is InChI=1S/C25H33NO3/c1-15-9-5-7-11-21(15)26-23(27)13-16(2)19-14-20-18-10-6-8-12-22(18)29-25(20)17(3)24(19)28-4/h13-15,21H,5-12H2,1-4H3,(H,26,27)/b16-13+. The van der Waals surface area contributed by atoms with Gasteiger partial charge in [0.2, 0.25) is 5.91 Å². The maximum atomic E-state index is 12.7. The lowest BCUT2D eigenvalue weighted by atomic mass is 9.86. The van der Waals surface area contributed by atoms with Gasteiger partial charge in [0, 0.05) is 40.6 Å². The Bertz CT molecular complexity index is 953. The fourth-order valence-corrected chi connectivity index (χ4v) is 5.12. The molecular formula is C25H33NO3. The molecule has 0 aliphatic heterocycles. The summed E-state index contributed by atoms with van der Waals surface area (Å²) in [6.45, 7) is 6.29. The van der Waals surface area contributed by atoms with E-state index in [9.17, 15) is 4.79 Å². The first-order valence-electron chi connectivity index (χ1n) is 11.1. The van der Waals surface area contributed by atoms with E-state index in [4.69, 9.17) is 9.15 Å². The number of furan rings is 1. The van der Waals surface area contributed by atoms with Gasteiger partial charge in [-0.15, -0.1) is 0 Å². The quantitative estimate of drug-likeness (QED) is 0.673. The summed E-state index contributed by atoms with van der Waals surface area (Å²) in [6.07, 6.45) is 11.0. The Morgan fingerprint density at radius 2 is 1.97 bits per heavy atom. The van der Waals surface area contributed by atoms with Crippen LogP contribution in [0.3, 0.4) is 0 Å². The first-order chi connectivity index (χ1) is 14.0. The van der Waals surface area contributed by atoms with Gasteiger partial charge in [0.15, 0.2) is 0 Å². The Morgan fingerprint density at radius 3 is 2.72 bits per heavy atom. The number of allylic oxidation sites excluding steroid dienone is 1. The van der Waals surface area contributed by atoms with Crippen molar-refractivity contribution in [2.75, 3.05) is 7.11 Å². The topological polar surface area (TPSA) is 51.5 Å². The van der Waals surface area contributed by atoms with E-state index in [0.29, 0.717) is 5.92 Å². The Morgan fingerprint density at radius 1 is 1.21 bits per heavy atom. The average Bonchev–Trinajstić information content (AvgIpc) is 3.09.